The maximum atomic E-state index is 9.77. The second-order valence-corrected chi connectivity index (χ2v) is 6.56. The van der Waals surface area contributed by atoms with Gasteiger partial charge in [-0.1, -0.05) is 6.07 Å². The first-order chi connectivity index (χ1) is 14.8. The Morgan fingerprint density at radius 1 is 0.875 bits per heavy atom. The zero-order valence-electron chi connectivity index (χ0n) is 16.9. The van der Waals surface area contributed by atoms with E-state index >= 15 is 0 Å². The smallest absolute Gasteiger partial charge is 0.335 e. The molecule has 8 N–H and O–H groups in total. The van der Waals surface area contributed by atoms with Crippen LogP contribution >= 0.6 is 0 Å². The molecule has 32 heavy (non-hydrogen) atoms. The van der Waals surface area contributed by atoms with Gasteiger partial charge in [0.05, 0.1) is 0 Å². The van der Waals surface area contributed by atoms with Crippen LogP contribution in [-0.4, -0.2) is 113 Å². The van der Waals surface area contributed by atoms with Gasteiger partial charge in [0.25, 0.3) is 0 Å². The number of nitrogens with zero attached hydrogens (tertiary/aromatic N) is 2. The first kappa shape index (κ1) is 28.8. The molecule has 14 heteroatoms. The molecule has 1 aromatic rings. The second kappa shape index (κ2) is 14.0. The van der Waals surface area contributed by atoms with Crippen molar-refractivity contribution in [3.05, 3.63) is 30.1 Å². The van der Waals surface area contributed by atoms with Gasteiger partial charge in [-0.3, -0.25) is 9.88 Å². The number of hydrogen-bond donors (Lipinski definition) is 8. The molecule has 180 valence electrons. The molecule has 0 bridgehead atoms. The highest BCUT2D eigenvalue weighted by atomic mass is 16.4. The molecule has 1 aliphatic heterocycles. The lowest BCUT2D eigenvalue weighted by Crippen LogP contribution is -2.39. The van der Waals surface area contributed by atoms with Crippen LogP contribution in [0, 0.1) is 0 Å². The Kier molecular flexibility index (Phi) is 12.6. The number of aliphatic hydroxyl groups excluding tert-OH is 4. The molecule has 0 radical (unpaired) electrons. The van der Waals surface area contributed by atoms with Crippen LogP contribution in [0.2, 0.25) is 0 Å². The number of aromatic nitrogens is 1. The molecule has 0 aromatic carbocycles. The summed E-state index contributed by atoms with van der Waals surface area (Å²) in [5.41, 5.74) is 1.36. The largest absolute Gasteiger partial charge is 0.479 e. The molecule has 2 rings (SSSR count). The average Bonchev–Trinajstić information content (AvgIpc) is 3.18. The number of carbonyl (C=O) groups is 4. The molecule has 1 fully saturated rings. The van der Waals surface area contributed by atoms with Crippen molar-refractivity contribution < 1.29 is 60.0 Å². The van der Waals surface area contributed by atoms with Crippen molar-refractivity contribution in [2.45, 2.75) is 43.3 Å². The Hall–Kier alpha value is -3.17. The molecule has 1 saturated heterocycles. The molecule has 14 nitrogen and oxygen atoms in total. The Bertz CT molecular complexity index is 688. The van der Waals surface area contributed by atoms with E-state index in [1.807, 2.05) is 18.5 Å². The van der Waals surface area contributed by atoms with Gasteiger partial charge in [-0.2, -0.15) is 0 Å². The fraction of sp³-hybridized carbons (Fsp3) is 0.500. The quantitative estimate of drug-likeness (QED) is 0.210. The summed E-state index contributed by atoms with van der Waals surface area (Å²) < 4.78 is 0. The van der Waals surface area contributed by atoms with Crippen molar-refractivity contribution in [3.63, 3.8) is 0 Å². The number of carboxylic acids is 4. The van der Waals surface area contributed by atoms with E-state index in [0.29, 0.717) is 6.04 Å². The van der Waals surface area contributed by atoms with E-state index < -0.39 is 48.3 Å². The number of aliphatic carboxylic acids is 4. The van der Waals surface area contributed by atoms with Crippen molar-refractivity contribution in [2.24, 2.45) is 0 Å². The minimum absolute atomic E-state index is 0.610. The SMILES string of the molecule is CN1CCCC1c1cccnc1.O=C(O)[C@@H](O)[C@H](O)C(=O)O.O=C(O)[C@@H](O)[C@H](O)C(=O)O. The molecule has 5 atom stereocenters. The second-order valence-electron chi connectivity index (χ2n) is 6.56. The molecule has 0 spiro atoms. The van der Waals surface area contributed by atoms with Gasteiger partial charge in [0.1, 0.15) is 0 Å². The van der Waals surface area contributed by atoms with Gasteiger partial charge >= 0.3 is 23.9 Å². The number of pyridine rings is 1. The Labute approximate surface area is 181 Å². The predicted octanol–water partition coefficient (Wildman–Crippen LogP) is -2.40. The molecule has 0 amide bonds. The number of aliphatic hydroxyl groups is 4. The first-order valence-corrected chi connectivity index (χ1v) is 9.04. The van der Waals surface area contributed by atoms with Crippen molar-refractivity contribution >= 4 is 23.9 Å². The number of rotatable bonds is 7. The van der Waals surface area contributed by atoms with E-state index in [-0.39, 0.29) is 0 Å². The summed E-state index contributed by atoms with van der Waals surface area (Å²) in [6.45, 7) is 1.22. The summed E-state index contributed by atoms with van der Waals surface area (Å²) in [4.78, 5) is 45.6. The highest BCUT2D eigenvalue weighted by molar-refractivity contribution is 5.83. The van der Waals surface area contributed by atoms with E-state index in [2.05, 4.69) is 23.0 Å². The van der Waals surface area contributed by atoms with Crippen LogP contribution in [0.5, 0.6) is 0 Å². The van der Waals surface area contributed by atoms with Gasteiger partial charge < -0.3 is 40.9 Å². The molecule has 1 aromatic heterocycles. The van der Waals surface area contributed by atoms with Crippen LogP contribution < -0.4 is 0 Å². The molecule has 1 aliphatic rings. The van der Waals surface area contributed by atoms with Crippen LogP contribution in [0.15, 0.2) is 24.5 Å². The first-order valence-electron chi connectivity index (χ1n) is 9.04. The third kappa shape index (κ3) is 9.76. The molecule has 1 unspecified atom stereocenters. The highest BCUT2D eigenvalue weighted by Gasteiger charge is 2.30. The minimum atomic E-state index is -2.27. The summed E-state index contributed by atoms with van der Waals surface area (Å²) in [7, 11) is 2.19. The Balaban J connectivity index is 0.000000455. The number of likely N-dealkylation sites (tertiary alicyclic amines) is 1. The minimum Gasteiger partial charge on any atom is -0.479 e. The molecule has 0 aliphatic carbocycles. The predicted molar refractivity (Wildman–Crippen MR) is 103 cm³/mol. The zero-order chi connectivity index (χ0) is 25.0. The lowest BCUT2D eigenvalue weighted by Gasteiger charge is -2.18. The van der Waals surface area contributed by atoms with Gasteiger partial charge in [0.2, 0.25) is 0 Å². The van der Waals surface area contributed by atoms with E-state index in [9.17, 15) is 19.2 Å². The zero-order valence-corrected chi connectivity index (χ0v) is 16.9. The fourth-order valence-electron chi connectivity index (χ4n) is 2.44. The van der Waals surface area contributed by atoms with Crippen LogP contribution in [0.3, 0.4) is 0 Å². The summed E-state index contributed by atoms with van der Waals surface area (Å²) >= 11 is 0. The molecular formula is C18H26N2O12. The molecule has 0 saturated carbocycles. The Morgan fingerprint density at radius 3 is 1.53 bits per heavy atom. The third-order valence-corrected chi connectivity index (χ3v) is 4.20. The molecular weight excluding hydrogens is 436 g/mol. The topological polar surface area (TPSA) is 246 Å². The van der Waals surface area contributed by atoms with Gasteiger partial charge in [-0.25, -0.2) is 19.2 Å². The van der Waals surface area contributed by atoms with Gasteiger partial charge in [0, 0.05) is 18.4 Å². The fourth-order valence-corrected chi connectivity index (χ4v) is 2.44. The standard InChI is InChI=1S/C10H14N2.2C4H6O6/c1-12-7-3-5-10(12)9-4-2-6-11-8-9;2*5-1(3(7)8)2(6)4(9)10/h2,4,6,8,10H,3,5,7H2,1H3;2*1-2,5-6H,(H,7,8)(H,9,10)/t;2*1-,2-/m.00/s1. The van der Waals surface area contributed by atoms with E-state index in [1.54, 1.807) is 0 Å². The van der Waals surface area contributed by atoms with Crippen molar-refractivity contribution in [1.29, 1.82) is 0 Å². The highest BCUT2D eigenvalue weighted by Crippen LogP contribution is 2.29. The maximum absolute atomic E-state index is 9.77. The normalized spacial score (nSPS) is 19.1. The van der Waals surface area contributed by atoms with Gasteiger partial charge in [-0.15, -0.1) is 0 Å². The molecule has 2 heterocycles. The third-order valence-electron chi connectivity index (χ3n) is 4.20. The van der Waals surface area contributed by atoms with E-state index in [0.717, 1.165) is 0 Å². The van der Waals surface area contributed by atoms with Crippen LogP contribution in [0.25, 0.3) is 0 Å². The van der Waals surface area contributed by atoms with E-state index in [4.69, 9.17) is 40.9 Å². The van der Waals surface area contributed by atoms with Crippen LogP contribution in [0.4, 0.5) is 0 Å². The monoisotopic (exact) mass is 462 g/mol. The van der Waals surface area contributed by atoms with Crippen LogP contribution in [0.1, 0.15) is 24.4 Å². The Morgan fingerprint density at radius 2 is 1.28 bits per heavy atom. The van der Waals surface area contributed by atoms with Crippen LogP contribution in [-0.2, 0) is 19.2 Å². The summed E-state index contributed by atoms with van der Waals surface area (Å²) in [6, 6.07) is 4.79. The van der Waals surface area contributed by atoms with Crippen molar-refractivity contribution in [1.82, 2.24) is 9.88 Å². The summed E-state index contributed by atoms with van der Waals surface area (Å²) in [5, 5.41) is 65.1. The summed E-state index contributed by atoms with van der Waals surface area (Å²) in [5.74, 6) is -7.07. The summed E-state index contributed by atoms with van der Waals surface area (Å²) in [6.07, 6.45) is -2.66. The maximum Gasteiger partial charge on any atom is 0.335 e. The van der Waals surface area contributed by atoms with E-state index in [1.165, 1.54) is 24.9 Å². The average molecular weight is 462 g/mol. The lowest BCUT2D eigenvalue weighted by atomic mass is 10.1. The van der Waals surface area contributed by atoms with Crippen molar-refractivity contribution in [3.8, 4) is 0 Å². The van der Waals surface area contributed by atoms with Crippen molar-refractivity contribution in [2.75, 3.05) is 13.6 Å². The lowest BCUT2D eigenvalue weighted by molar-refractivity contribution is -0.165. The van der Waals surface area contributed by atoms with Gasteiger partial charge in [-0.05, 0) is 38.1 Å². The number of carboxylic acid groups (broad SMARTS) is 4. The van der Waals surface area contributed by atoms with Gasteiger partial charge in [0.15, 0.2) is 24.4 Å². The number of hydrogen-bond acceptors (Lipinski definition) is 10.